The molecule has 0 saturated heterocycles. The number of rotatable bonds is 3. The molecule has 4 heteroatoms. The van der Waals surface area contributed by atoms with Gasteiger partial charge in [-0.15, -0.1) is 0 Å². The summed E-state index contributed by atoms with van der Waals surface area (Å²) in [5.41, 5.74) is 0.168. The van der Waals surface area contributed by atoms with E-state index in [1.54, 1.807) is 20.2 Å². The second-order valence-electron chi connectivity index (χ2n) is 4.24. The third kappa shape index (κ3) is 1.67. The summed E-state index contributed by atoms with van der Waals surface area (Å²) in [6.07, 6.45) is -0.340. The molecule has 16 heavy (non-hydrogen) atoms. The number of hydrogen-bond acceptors (Lipinski definition) is 2. The van der Waals surface area contributed by atoms with Crippen molar-refractivity contribution in [2.45, 2.75) is 24.3 Å². The minimum atomic E-state index is -2.57. The molecule has 0 bridgehead atoms. The van der Waals surface area contributed by atoms with Crippen molar-refractivity contribution < 1.29 is 13.5 Å². The summed E-state index contributed by atoms with van der Waals surface area (Å²) in [5.74, 6) is -1.91. The van der Waals surface area contributed by atoms with Gasteiger partial charge in [0.1, 0.15) is 5.75 Å². The zero-order chi connectivity index (χ0) is 11.8. The zero-order valence-corrected chi connectivity index (χ0v) is 9.39. The highest BCUT2D eigenvalue weighted by Gasteiger charge is 2.57. The smallest absolute Gasteiger partial charge is 0.252 e. The summed E-state index contributed by atoms with van der Waals surface area (Å²) in [7, 11) is 3.26. The number of halogens is 2. The highest BCUT2D eigenvalue weighted by atomic mass is 19.3. The van der Waals surface area contributed by atoms with Gasteiger partial charge < -0.3 is 10.1 Å². The lowest BCUT2D eigenvalue weighted by Crippen LogP contribution is -2.57. The Kier molecular flexibility index (Phi) is 2.62. The molecule has 88 valence electrons. The van der Waals surface area contributed by atoms with Gasteiger partial charge in [0.2, 0.25) is 0 Å². The van der Waals surface area contributed by atoms with Crippen LogP contribution in [-0.4, -0.2) is 20.1 Å². The highest BCUT2D eigenvalue weighted by molar-refractivity contribution is 5.41. The van der Waals surface area contributed by atoms with Crippen molar-refractivity contribution in [3.05, 3.63) is 29.8 Å². The van der Waals surface area contributed by atoms with E-state index in [-0.39, 0.29) is 12.8 Å². The van der Waals surface area contributed by atoms with E-state index in [2.05, 4.69) is 5.32 Å². The fraction of sp³-hybridized carbons (Fsp3) is 0.500. The Hall–Kier alpha value is -1.16. The highest BCUT2D eigenvalue weighted by Crippen LogP contribution is 2.53. The van der Waals surface area contributed by atoms with Crippen LogP contribution < -0.4 is 10.1 Å². The maximum atomic E-state index is 13.1. The van der Waals surface area contributed by atoms with Crippen LogP contribution in [0, 0.1) is 0 Å². The number of para-hydroxylation sites is 1. The maximum Gasteiger partial charge on any atom is 0.252 e. The van der Waals surface area contributed by atoms with Crippen molar-refractivity contribution in [2.75, 3.05) is 14.2 Å². The fourth-order valence-electron chi connectivity index (χ4n) is 2.37. The lowest BCUT2D eigenvalue weighted by atomic mass is 9.69. The van der Waals surface area contributed by atoms with E-state index in [4.69, 9.17) is 4.74 Å². The fourth-order valence-corrected chi connectivity index (χ4v) is 2.37. The molecule has 1 aromatic rings. The van der Waals surface area contributed by atoms with Crippen LogP contribution in [-0.2, 0) is 5.54 Å². The Morgan fingerprint density at radius 2 is 1.88 bits per heavy atom. The predicted molar refractivity (Wildman–Crippen MR) is 57.9 cm³/mol. The minimum Gasteiger partial charge on any atom is -0.496 e. The van der Waals surface area contributed by atoms with Crippen LogP contribution >= 0.6 is 0 Å². The summed E-state index contributed by atoms with van der Waals surface area (Å²) in [5, 5.41) is 3.00. The third-order valence-electron chi connectivity index (χ3n) is 3.22. The van der Waals surface area contributed by atoms with Gasteiger partial charge >= 0.3 is 0 Å². The van der Waals surface area contributed by atoms with Crippen LogP contribution in [0.5, 0.6) is 5.75 Å². The average Bonchev–Trinajstić information content (AvgIpc) is 2.25. The van der Waals surface area contributed by atoms with Crippen molar-refractivity contribution in [1.82, 2.24) is 5.32 Å². The summed E-state index contributed by atoms with van der Waals surface area (Å²) in [6, 6.07) is 7.31. The van der Waals surface area contributed by atoms with Crippen LogP contribution in [0.2, 0.25) is 0 Å². The molecular weight excluding hydrogens is 212 g/mol. The molecule has 0 spiro atoms. The number of methoxy groups -OCH3 is 1. The molecule has 0 radical (unpaired) electrons. The second kappa shape index (κ2) is 3.70. The van der Waals surface area contributed by atoms with Gasteiger partial charge in [0.25, 0.3) is 5.92 Å². The number of benzene rings is 1. The van der Waals surface area contributed by atoms with Gasteiger partial charge in [0, 0.05) is 18.4 Å². The van der Waals surface area contributed by atoms with Crippen molar-refractivity contribution >= 4 is 0 Å². The average molecular weight is 227 g/mol. The van der Waals surface area contributed by atoms with Gasteiger partial charge in [-0.2, -0.15) is 0 Å². The van der Waals surface area contributed by atoms with Crippen LogP contribution in [0.15, 0.2) is 24.3 Å². The van der Waals surface area contributed by atoms with Gasteiger partial charge in [-0.05, 0) is 13.1 Å². The monoisotopic (exact) mass is 227 g/mol. The van der Waals surface area contributed by atoms with E-state index in [1.165, 1.54) is 0 Å². The van der Waals surface area contributed by atoms with Gasteiger partial charge in [0.15, 0.2) is 0 Å². The topological polar surface area (TPSA) is 21.3 Å². The summed E-state index contributed by atoms with van der Waals surface area (Å²) in [6.45, 7) is 0. The molecule has 0 unspecified atom stereocenters. The largest absolute Gasteiger partial charge is 0.496 e. The molecule has 0 atom stereocenters. The molecule has 1 N–H and O–H groups in total. The summed E-state index contributed by atoms with van der Waals surface area (Å²) < 4.78 is 31.3. The van der Waals surface area contributed by atoms with Crippen molar-refractivity contribution in [2.24, 2.45) is 0 Å². The minimum absolute atomic E-state index is 0.170. The zero-order valence-electron chi connectivity index (χ0n) is 9.39. The number of alkyl halides is 2. The first-order valence-electron chi connectivity index (χ1n) is 5.23. The van der Waals surface area contributed by atoms with Crippen molar-refractivity contribution in [3.63, 3.8) is 0 Å². The van der Waals surface area contributed by atoms with E-state index < -0.39 is 11.5 Å². The van der Waals surface area contributed by atoms with Gasteiger partial charge in [-0.1, -0.05) is 18.2 Å². The molecule has 1 aliphatic carbocycles. The van der Waals surface area contributed by atoms with Crippen LogP contribution in [0.25, 0.3) is 0 Å². The second-order valence-corrected chi connectivity index (χ2v) is 4.24. The molecule has 0 amide bonds. The molecule has 1 aliphatic rings. The Balaban J connectivity index is 2.35. The molecule has 0 aromatic heterocycles. The normalized spacial score (nSPS) is 21.2. The van der Waals surface area contributed by atoms with Gasteiger partial charge in [-0.3, -0.25) is 0 Å². The van der Waals surface area contributed by atoms with Crippen molar-refractivity contribution in [1.29, 1.82) is 0 Å². The molecule has 1 aromatic carbocycles. The lowest BCUT2D eigenvalue weighted by molar-refractivity contribution is -0.136. The van der Waals surface area contributed by atoms with E-state index in [1.807, 2.05) is 18.2 Å². The number of hydrogen-bond donors (Lipinski definition) is 1. The quantitative estimate of drug-likeness (QED) is 0.856. The Morgan fingerprint density at radius 3 is 2.38 bits per heavy atom. The maximum absolute atomic E-state index is 13.1. The summed E-state index contributed by atoms with van der Waals surface area (Å²) >= 11 is 0. The third-order valence-corrected chi connectivity index (χ3v) is 3.22. The molecule has 0 heterocycles. The molecular formula is C12H15F2NO. The molecule has 2 rings (SSSR count). The lowest BCUT2D eigenvalue weighted by Gasteiger charge is -2.48. The first kappa shape index (κ1) is 11.3. The van der Waals surface area contributed by atoms with Crippen LogP contribution in [0.3, 0.4) is 0 Å². The number of nitrogens with one attached hydrogen (secondary N) is 1. The standard InChI is InChI=1S/C12H15F2NO/c1-15-11(7-12(13,14)8-11)9-5-3-4-6-10(9)16-2/h3-6,15H,7-8H2,1-2H3. The predicted octanol–water partition coefficient (Wildman–Crippen LogP) is 2.54. The Labute approximate surface area is 93.6 Å². The van der Waals surface area contributed by atoms with E-state index >= 15 is 0 Å². The first-order valence-corrected chi connectivity index (χ1v) is 5.23. The van der Waals surface area contributed by atoms with Gasteiger partial charge in [0.05, 0.1) is 12.6 Å². The Morgan fingerprint density at radius 1 is 1.25 bits per heavy atom. The van der Waals surface area contributed by atoms with E-state index in [9.17, 15) is 8.78 Å². The van der Waals surface area contributed by atoms with E-state index in [0.717, 1.165) is 5.56 Å². The van der Waals surface area contributed by atoms with E-state index in [0.29, 0.717) is 5.75 Å². The van der Waals surface area contributed by atoms with Crippen molar-refractivity contribution in [3.8, 4) is 5.75 Å². The SMILES string of the molecule is CNC1(c2ccccc2OC)CC(F)(F)C1. The first-order chi connectivity index (χ1) is 7.53. The van der Waals surface area contributed by atoms with Crippen LogP contribution in [0.4, 0.5) is 8.78 Å². The Bertz CT molecular complexity index is 384. The molecule has 2 nitrogen and oxygen atoms in total. The molecule has 1 fully saturated rings. The summed E-state index contributed by atoms with van der Waals surface area (Å²) in [4.78, 5) is 0. The van der Waals surface area contributed by atoms with Gasteiger partial charge in [-0.25, -0.2) is 8.78 Å². The molecule has 1 saturated carbocycles. The van der Waals surface area contributed by atoms with Crippen LogP contribution in [0.1, 0.15) is 18.4 Å². The number of ether oxygens (including phenoxy) is 1. The molecule has 0 aliphatic heterocycles.